The third-order valence-corrected chi connectivity index (χ3v) is 6.99. The van der Waals surface area contributed by atoms with Gasteiger partial charge < -0.3 is 14.7 Å². The van der Waals surface area contributed by atoms with E-state index in [0.717, 1.165) is 64.3 Å². The zero-order valence-electron chi connectivity index (χ0n) is 24.8. The molecule has 0 aliphatic carbocycles. The number of rotatable bonds is 28. The van der Waals surface area contributed by atoms with Crippen molar-refractivity contribution in [2.45, 2.75) is 161 Å². The fourth-order valence-corrected chi connectivity index (χ4v) is 4.67. The lowest BCUT2D eigenvalue weighted by molar-refractivity contribution is -0.150. The standard InChI is InChI=1S/C32H61NO4/c1-4-5-6-7-15-18-21-25-30(37-32(36)28-24-29-33(2)3)26-22-19-16-13-11-9-8-10-12-14-17-20-23-27-31(34)35/h10,12,30H,4-9,11,13-29H2,1-3H3,(H,34,35). The largest absolute Gasteiger partial charge is 0.481 e. The van der Waals surface area contributed by atoms with Gasteiger partial charge in [0.05, 0.1) is 0 Å². The van der Waals surface area contributed by atoms with E-state index in [1.807, 2.05) is 14.1 Å². The summed E-state index contributed by atoms with van der Waals surface area (Å²) >= 11 is 0. The highest BCUT2D eigenvalue weighted by atomic mass is 16.5. The minimum absolute atomic E-state index is 0.0110. The first kappa shape index (κ1) is 35.6. The minimum Gasteiger partial charge on any atom is -0.481 e. The number of nitrogens with zero attached hydrogens (tertiary/aromatic N) is 1. The number of carbonyl (C=O) groups is 2. The summed E-state index contributed by atoms with van der Waals surface area (Å²) in [5.41, 5.74) is 0. The molecule has 0 aromatic carbocycles. The van der Waals surface area contributed by atoms with Crippen molar-refractivity contribution in [3.8, 4) is 0 Å². The molecule has 0 saturated carbocycles. The topological polar surface area (TPSA) is 66.8 Å². The molecule has 0 saturated heterocycles. The Labute approximate surface area is 229 Å². The maximum Gasteiger partial charge on any atom is 0.306 e. The van der Waals surface area contributed by atoms with E-state index in [1.54, 1.807) is 0 Å². The molecular weight excluding hydrogens is 462 g/mol. The molecule has 218 valence electrons. The van der Waals surface area contributed by atoms with Crippen molar-refractivity contribution >= 4 is 11.9 Å². The summed E-state index contributed by atoms with van der Waals surface area (Å²) in [4.78, 5) is 24.9. The third-order valence-electron chi connectivity index (χ3n) is 6.99. The van der Waals surface area contributed by atoms with E-state index >= 15 is 0 Å². The van der Waals surface area contributed by atoms with Crippen molar-refractivity contribution in [3.63, 3.8) is 0 Å². The number of allylic oxidation sites excluding steroid dienone is 2. The zero-order chi connectivity index (χ0) is 27.4. The van der Waals surface area contributed by atoms with E-state index in [9.17, 15) is 9.59 Å². The average Bonchev–Trinajstić information content (AvgIpc) is 2.85. The van der Waals surface area contributed by atoms with Gasteiger partial charge in [-0.15, -0.1) is 0 Å². The van der Waals surface area contributed by atoms with Crippen LogP contribution in [0.1, 0.15) is 155 Å². The van der Waals surface area contributed by atoms with Gasteiger partial charge in [-0.3, -0.25) is 9.59 Å². The Hall–Kier alpha value is -1.36. The monoisotopic (exact) mass is 523 g/mol. The quantitative estimate of drug-likeness (QED) is 0.0629. The maximum absolute atomic E-state index is 12.3. The van der Waals surface area contributed by atoms with Gasteiger partial charge >= 0.3 is 11.9 Å². The van der Waals surface area contributed by atoms with Gasteiger partial charge in [0.15, 0.2) is 0 Å². The molecule has 5 nitrogen and oxygen atoms in total. The van der Waals surface area contributed by atoms with Crippen molar-refractivity contribution in [1.29, 1.82) is 0 Å². The summed E-state index contributed by atoms with van der Waals surface area (Å²) < 4.78 is 5.91. The first-order valence-corrected chi connectivity index (χ1v) is 15.7. The first-order chi connectivity index (χ1) is 18.0. The molecule has 5 heteroatoms. The van der Waals surface area contributed by atoms with Crippen LogP contribution in [0.3, 0.4) is 0 Å². The lowest BCUT2D eigenvalue weighted by Gasteiger charge is -2.18. The molecule has 1 N–H and O–H groups in total. The van der Waals surface area contributed by atoms with Crippen LogP contribution in [0.25, 0.3) is 0 Å². The molecule has 0 bridgehead atoms. The van der Waals surface area contributed by atoms with Crippen molar-refractivity contribution < 1.29 is 19.4 Å². The number of unbranched alkanes of at least 4 members (excludes halogenated alkanes) is 15. The second kappa shape index (κ2) is 27.7. The van der Waals surface area contributed by atoms with Crippen LogP contribution in [0.4, 0.5) is 0 Å². The number of hydrogen-bond donors (Lipinski definition) is 1. The Bertz CT molecular complexity index is 547. The molecule has 0 aliphatic heterocycles. The summed E-state index contributed by atoms with van der Waals surface area (Å²) in [6.07, 6.45) is 30.1. The second-order valence-corrected chi connectivity index (χ2v) is 11.1. The second-order valence-electron chi connectivity index (χ2n) is 11.1. The van der Waals surface area contributed by atoms with E-state index in [-0.39, 0.29) is 12.1 Å². The normalized spacial score (nSPS) is 12.4. The molecule has 0 amide bonds. The van der Waals surface area contributed by atoms with Gasteiger partial charge in [0, 0.05) is 12.8 Å². The molecule has 0 aromatic rings. The smallest absolute Gasteiger partial charge is 0.306 e. The predicted molar refractivity (Wildman–Crippen MR) is 157 cm³/mol. The van der Waals surface area contributed by atoms with Gasteiger partial charge in [-0.2, -0.15) is 0 Å². The fourth-order valence-electron chi connectivity index (χ4n) is 4.67. The number of aliphatic carboxylic acids is 1. The van der Waals surface area contributed by atoms with Crippen LogP contribution < -0.4 is 0 Å². The summed E-state index contributed by atoms with van der Waals surface area (Å²) in [5.74, 6) is -0.698. The van der Waals surface area contributed by atoms with Gasteiger partial charge in [0.2, 0.25) is 0 Å². The fraction of sp³-hybridized carbons (Fsp3) is 0.875. The van der Waals surface area contributed by atoms with Gasteiger partial charge in [0.25, 0.3) is 0 Å². The van der Waals surface area contributed by atoms with Gasteiger partial charge in [-0.05, 0) is 84.8 Å². The molecule has 0 aliphatic rings. The molecule has 0 radical (unpaired) electrons. The molecule has 37 heavy (non-hydrogen) atoms. The predicted octanol–water partition coefficient (Wildman–Crippen LogP) is 9.09. The van der Waals surface area contributed by atoms with Crippen LogP contribution >= 0.6 is 0 Å². The van der Waals surface area contributed by atoms with Gasteiger partial charge in [0.1, 0.15) is 6.10 Å². The number of carbonyl (C=O) groups excluding carboxylic acids is 1. The van der Waals surface area contributed by atoms with E-state index in [0.29, 0.717) is 12.8 Å². The van der Waals surface area contributed by atoms with Crippen molar-refractivity contribution in [2.24, 2.45) is 0 Å². The Balaban J connectivity index is 3.91. The molecule has 0 spiro atoms. The van der Waals surface area contributed by atoms with Crippen LogP contribution in [-0.4, -0.2) is 48.7 Å². The van der Waals surface area contributed by atoms with Crippen LogP contribution in [0.15, 0.2) is 12.2 Å². The molecule has 0 aromatic heterocycles. The van der Waals surface area contributed by atoms with E-state index in [1.165, 1.54) is 77.0 Å². The van der Waals surface area contributed by atoms with Gasteiger partial charge in [-0.25, -0.2) is 0 Å². The number of carboxylic acids is 1. The molecule has 1 unspecified atom stereocenters. The summed E-state index contributed by atoms with van der Waals surface area (Å²) in [7, 11) is 4.09. The number of esters is 1. The van der Waals surface area contributed by atoms with E-state index in [2.05, 4.69) is 24.0 Å². The first-order valence-electron chi connectivity index (χ1n) is 15.7. The summed E-state index contributed by atoms with van der Waals surface area (Å²) in [5, 5.41) is 8.63. The van der Waals surface area contributed by atoms with E-state index < -0.39 is 5.97 Å². The highest BCUT2D eigenvalue weighted by molar-refractivity contribution is 5.69. The van der Waals surface area contributed by atoms with Gasteiger partial charge in [-0.1, -0.05) is 89.7 Å². The number of carboxylic acid groups (broad SMARTS) is 1. The Morgan fingerprint density at radius 2 is 1.16 bits per heavy atom. The van der Waals surface area contributed by atoms with Crippen LogP contribution in [0, 0.1) is 0 Å². The van der Waals surface area contributed by atoms with Crippen LogP contribution in [-0.2, 0) is 14.3 Å². The number of ether oxygens (including phenoxy) is 1. The number of hydrogen-bond acceptors (Lipinski definition) is 4. The maximum atomic E-state index is 12.3. The molecule has 0 fully saturated rings. The SMILES string of the molecule is CCCCCCCCCC(CCCCCCCCC=CCCCCCC(=O)O)OC(=O)CCCN(C)C. The third kappa shape index (κ3) is 29.1. The van der Waals surface area contributed by atoms with Crippen molar-refractivity contribution in [2.75, 3.05) is 20.6 Å². The molecular formula is C32H61NO4. The Morgan fingerprint density at radius 3 is 1.68 bits per heavy atom. The van der Waals surface area contributed by atoms with E-state index in [4.69, 9.17) is 9.84 Å². The lowest BCUT2D eigenvalue weighted by atomic mass is 10.0. The van der Waals surface area contributed by atoms with Crippen LogP contribution in [0.2, 0.25) is 0 Å². The highest BCUT2D eigenvalue weighted by Gasteiger charge is 2.14. The molecule has 0 rings (SSSR count). The zero-order valence-corrected chi connectivity index (χ0v) is 24.8. The minimum atomic E-state index is -0.687. The van der Waals surface area contributed by atoms with Crippen molar-refractivity contribution in [3.05, 3.63) is 12.2 Å². The Kier molecular flexibility index (Phi) is 26.7. The average molecular weight is 524 g/mol. The highest BCUT2D eigenvalue weighted by Crippen LogP contribution is 2.18. The Morgan fingerprint density at radius 1 is 0.676 bits per heavy atom. The molecule has 1 atom stereocenters. The van der Waals surface area contributed by atoms with Crippen LogP contribution in [0.5, 0.6) is 0 Å². The lowest BCUT2D eigenvalue weighted by Crippen LogP contribution is -2.20. The molecule has 0 heterocycles. The summed E-state index contributed by atoms with van der Waals surface area (Å²) in [6, 6.07) is 0. The van der Waals surface area contributed by atoms with Crippen molar-refractivity contribution in [1.82, 2.24) is 4.90 Å². The summed E-state index contributed by atoms with van der Waals surface area (Å²) in [6.45, 7) is 3.19.